The van der Waals surface area contributed by atoms with Gasteiger partial charge in [-0.15, -0.1) is 0 Å². The van der Waals surface area contributed by atoms with Gasteiger partial charge in [-0.25, -0.2) is 33.7 Å². The van der Waals surface area contributed by atoms with Gasteiger partial charge in [-0.2, -0.15) is 4.58 Å². The first-order valence-electron chi connectivity index (χ1n) is 21.9. The molecular formula is C46H52N3O17S4-3. The average molecular weight is 1050 g/mol. The number of nitrogens with zero attached hydrogens (tertiary/aromatic N) is 2. The molecule has 2 N–H and O–H groups in total. The normalized spacial score (nSPS) is 17.8. The number of allylic oxidation sites excluding steroid dienone is 4. The Labute approximate surface area is 406 Å². The van der Waals surface area contributed by atoms with Crippen molar-refractivity contribution in [2.45, 2.75) is 84.8 Å². The maximum Gasteiger partial charge on any atom is 0.303 e. The van der Waals surface area contributed by atoms with Crippen LogP contribution >= 0.6 is 0 Å². The minimum absolute atomic E-state index is 0.0583. The van der Waals surface area contributed by atoms with Crippen molar-refractivity contribution in [3.63, 3.8) is 0 Å². The molecule has 70 heavy (non-hydrogen) atoms. The van der Waals surface area contributed by atoms with E-state index in [-0.39, 0.29) is 67.5 Å². The van der Waals surface area contributed by atoms with Crippen LogP contribution in [0.2, 0.25) is 0 Å². The summed E-state index contributed by atoms with van der Waals surface area (Å²) in [7, 11) is -17.7. The second-order valence-electron chi connectivity index (χ2n) is 17.7. The van der Waals surface area contributed by atoms with Gasteiger partial charge in [0.2, 0.25) is 5.69 Å². The molecule has 0 radical (unpaired) electrons. The van der Waals surface area contributed by atoms with Crippen LogP contribution in [0.3, 0.4) is 0 Å². The fourth-order valence-electron chi connectivity index (χ4n) is 9.69. The minimum Gasteiger partial charge on any atom is -0.748 e. The third-order valence-corrected chi connectivity index (χ3v) is 16.0. The first-order chi connectivity index (χ1) is 32.6. The number of aliphatic carboxylic acids is 1. The van der Waals surface area contributed by atoms with Crippen LogP contribution in [0.5, 0.6) is 0 Å². The molecule has 6 rings (SSSR count). The molecule has 380 valence electrons. The smallest absolute Gasteiger partial charge is 0.303 e. The molecule has 0 fully saturated rings. The number of hydrogen-bond acceptors (Lipinski definition) is 17. The van der Waals surface area contributed by atoms with Crippen molar-refractivity contribution < 1.29 is 80.6 Å². The Morgan fingerprint density at radius 3 is 1.99 bits per heavy atom. The van der Waals surface area contributed by atoms with E-state index >= 15 is 0 Å². The third-order valence-electron chi connectivity index (χ3n) is 12.7. The summed E-state index contributed by atoms with van der Waals surface area (Å²) in [5.41, 5.74) is 0.375. The van der Waals surface area contributed by atoms with Gasteiger partial charge in [-0.05, 0) is 116 Å². The molecule has 1 atom stereocenters. The van der Waals surface area contributed by atoms with Crippen molar-refractivity contribution >= 4 is 91.0 Å². The number of unbranched alkanes of at least 4 members (excludes halogenated alkanes) is 2. The molecule has 4 aromatic carbocycles. The monoisotopic (exact) mass is 1050 g/mol. The number of carbonyl (C=O) groups excluding carboxylic acids is 1. The van der Waals surface area contributed by atoms with Gasteiger partial charge in [0, 0.05) is 86.0 Å². The Kier molecular flexibility index (Phi) is 15.9. The summed E-state index contributed by atoms with van der Waals surface area (Å²) in [6, 6.07) is 9.95. The second kappa shape index (κ2) is 20.5. The number of anilines is 1. The summed E-state index contributed by atoms with van der Waals surface area (Å²) in [4.78, 5) is 24.1. The number of nitrogens with one attached hydrogen (secondary N) is 1. The Balaban J connectivity index is 1.60. The van der Waals surface area contributed by atoms with Crippen molar-refractivity contribution in [1.29, 1.82) is 0 Å². The van der Waals surface area contributed by atoms with E-state index < -0.39 is 83.6 Å². The number of carboxylic acid groups (broad SMARTS) is 1. The number of benzene rings is 4. The summed E-state index contributed by atoms with van der Waals surface area (Å²) in [6.07, 6.45) is 6.12. The number of fused-ring (bicyclic) bond motifs is 6. The first-order valence-corrected chi connectivity index (χ1v) is 27.7. The van der Waals surface area contributed by atoms with Crippen molar-refractivity contribution in [3.05, 3.63) is 89.1 Å². The van der Waals surface area contributed by atoms with Crippen LogP contribution in [-0.4, -0.2) is 132 Å². The maximum atomic E-state index is 13.6. The fourth-order valence-corrected chi connectivity index (χ4v) is 12.0. The highest BCUT2D eigenvalue weighted by Gasteiger charge is 2.47. The van der Waals surface area contributed by atoms with Crippen LogP contribution in [0.1, 0.15) is 80.8 Å². The lowest BCUT2D eigenvalue weighted by molar-refractivity contribution is -0.438. The molecule has 2 aliphatic heterocycles. The van der Waals surface area contributed by atoms with Crippen LogP contribution in [0.15, 0.2) is 87.1 Å². The number of carboxylic acids is 1. The molecular weight excluding hydrogens is 995 g/mol. The highest BCUT2D eigenvalue weighted by molar-refractivity contribution is 7.87. The van der Waals surface area contributed by atoms with Crippen molar-refractivity contribution in [1.82, 2.24) is 5.32 Å². The van der Waals surface area contributed by atoms with Gasteiger partial charge in [0.05, 0.1) is 43.4 Å². The van der Waals surface area contributed by atoms with Gasteiger partial charge in [0.15, 0.2) is 5.71 Å². The van der Waals surface area contributed by atoms with Gasteiger partial charge in [-0.1, -0.05) is 12.1 Å². The van der Waals surface area contributed by atoms with E-state index in [9.17, 15) is 66.6 Å². The number of ether oxygens (including phenoxy) is 2. The molecule has 0 spiro atoms. The van der Waals surface area contributed by atoms with E-state index in [2.05, 4.69) is 5.32 Å². The zero-order valence-corrected chi connectivity index (χ0v) is 42.1. The highest BCUT2D eigenvalue weighted by Crippen LogP contribution is 2.54. The van der Waals surface area contributed by atoms with Crippen LogP contribution in [0.25, 0.3) is 21.5 Å². The number of methoxy groups -OCH3 is 2. The lowest BCUT2D eigenvalue weighted by Crippen LogP contribution is -2.31. The third kappa shape index (κ3) is 11.3. The van der Waals surface area contributed by atoms with Gasteiger partial charge >= 0.3 is 5.97 Å². The number of rotatable bonds is 22. The molecule has 0 saturated carbocycles. The van der Waals surface area contributed by atoms with Crippen LogP contribution in [-0.2, 0) is 65.6 Å². The first kappa shape index (κ1) is 54.2. The molecule has 20 nitrogen and oxygen atoms in total. The predicted octanol–water partition coefficient (Wildman–Crippen LogP) is 4.29. The summed E-state index contributed by atoms with van der Waals surface area (Å²) >= 11 is 0. The molecule has 0 saturated heterocycles. The average Bonchev–Trinajstić information content (AvgIpc) is 3.62. The lowest BCUT2D eigenvalue weighted by atomic mass is 9.75. The summed E-state index contributed by atoms with van der Waals surface area (Å²) in [5, 5.41) is 12.3. The maximum absolute atomic E-state index is 13.6. The molecule has 1 amide bonds. The van der Waals surface area contributed by atoms with Gasteiger partial charge in [-0.3, -0.25) is 9.59 Å². The van der Waals surface area contributed by atoms with Gasteiger partial charge in [0.1, 0.15) is 36.9 Å². The molecule has 24 heteroatoms. The second-order valence-corrected chi connectivity index (χ2v) is 23.4. The number of hydrogen-bond donors (Lipinski definition) is 2. The zero-order valence-electron chi connectivity index (χ0n) is 38.8. The Morgan fingerprint density at radius 1 is 0.757 bits per heavy atom. The number of amides is 1. The molecule has 0 bridgehead atoms. The Bertz CT molecular complexity index is 3330. The predicted molar refractivity (Wildman–Crippen MR) is 253 cm³/mol. The lowest BCUT2D eigenvalue weighted by Gasteiger charge is -2.31. The van der Waals surface area contributed by atoms with Gasteiger partial charge < -0.3 is 43.0 Å². The highest BCUT2D eigenvalue weighted by atomic mass is 32.2. The van der Waals surface area contributed by atoms with E-state index in [4.69, 9.17) is 9.47 Å². The molecule has 2 heterocycles. The molecule has 4 aromatic rings. The summed E-state index contributed by atoms with van der Waals surface area (Å²) in [6.45, 7) is 6.16. The van der Waals surface area contributed by atoms with E-state index in [0.717, 1.165) is 12.1 Å². The topological polar surface area (TPSA) is 320 Å². The van der Waals surface area contributed by atoms with Crippen LogP contribution < -0.4 is 10.2 Å². The van der Waals surface area contributed by atoms with Crippen molar-refractivity contribution in [2.75, 3.05) is 57.7 Å². The van der Waals surface area contributed by atoms with E-state index in [1.807, 2.05) is 18.4 Å². The molecule has 0 aliphatic carbocycles. The Hall–Kier alpha value is -5.15. The SMILES string of the molecule is COCCNC(=O)c1cc(S(=O)(=O)[O-])cc2c3c(ccc12)[N+](CCCCCC(=O)O)=C(/C=C/C=C1/N(CCOC)c2ccc4c(S(=O)(=O)[O-])cc(S(=O)(=O)[O-])cc4c2C1(C)CCCS(=O)(=O)[O-])C3(C)C. The molecule has 0 aromatic heterocycles. The van der Waals surface area contributed by atoms with E-state index in [0.29, 0.717) is 71.0 Å². The van der Waals surface area contributed by atoms with E-state index in [1.54, 1.807) is 42.2 Å². The van der Waals surface area contributed by atoms with E-state index in [1.165, 1.54) is 32.4 Å². The summed E-state index contributed by atoms with van der Waals surface area (Å²) in [5.74, 6) is -2.41. The molecule has 1 unspecified atom stereocenters. The van der Waals surface area contributed by atoms with Crippen molar-refractivity contribution in [3.8, 4) is 0 Å². The zero-order chi connectivity index (χ0) is 51.8. The summed E-state index contributed by atoms with van der Waals surface area (Å²) < 4.78 is 161. The fraction of sp³-hybridized carbons (Fsp3) is 0.413. The van der Waals surface area contributed by atoms with Crippen molar-refractivity contribution in [2.24, 2.45) is 0 Å². The standard InChI is InChI=1S/C46H55N3O17S4/c1-45(2)39(48(20-8-6-7-13-41(50)51)36-16-14-31-33(42(36)45)25-29(68(56,57)58)27-35(31)44(52)47-19-22-65-4)11-9-12-40-46(3,18-10-24-67(53,54)55)43-34-26-30(69(59,60)61)28-38(70(62,63)64)32(34)15-17-37(43)49(40)21-23-66-5/h9,11-12,14-17,25-28H,6-8,10,13,18-24H2,1-5H3,(H5-,47,50,51,52,53,54,55,56,57,58,59,60,61,62,63,64)/p-3. The van der Waals surface area contributed by atoms with Gasteiger partial charge in [0.25, 0.3) is 5.91 Å². The Morgan fingerprint density at radius 2 is 1.39 bits per heavy atom. The van der Waals surface area contributed by atoms with Crippen LogP contribution in [0, 0.1) is 0 Å². The largest absolute Gasteiger partial charge is 0.748 e. The van der Waals surface area contributed by atoms with Crippen LogP contribution in [0.4, 0.5) is 11.4 Å². The molecule has 2 aliphatic rings. The minimum atomic E-state index is -5.39. The quantitative estimate of drug-likeness (QED) is 0.0630. The number of carbonyl (C=O) groups is 2.